The van der Waals surface area contributed by atoms with Crippen molar-refractivity contribution in [1.82, 2.24) is 5.32 Å². The van der Waals surface area contributed by atoms with Gasteiger partial charge in [0.1, 0.15) is 6.04 Å². The van der Waals surface area contributed by atoms with Crippen molar-refractivity contribution >= 4 is 11.9 Å². The fourth-order valence-electron chi connectivity index (χ4n) is 2.70. The molecule has 1 rings (SSSR count). The zero-order valence-corrected chi connectivity index (χ0v) is 11.7. The van der Waals surface area contributed by atoms with E-state index < -0.39 is 12.0 Å². The van der Waals surface area contributed by atoms with E-state index in [-0.39, 0.29) is 17.7 Å². The van der Waals surface area contributed by atoms with Crippen LogP contribution in [-0.2, 0) is 9.59 Å². The highest BCUT2D eigenvalue weighted by molar-refractivity contribution is 5.84. The van der Waals surface area contributed by atoms with Crippen molar-refractivity contribution in [3.63, 3.8) is 0 Å². The lowest BCUT2D eigenvalue weighted by molar-refractivity contribution is -0.144. The summed E-state index contributed by atoms with van der Waals surface area (Å²) in [5.41, 5.74) is 5.42. The van der Waals surface area contributed by atoms with Gasteiger partial charge in [-0.2, -0.15) is 0 Å². The van der Waals surface area contributed by atoms with E-state index in [1.54, 1.807) is 0 Å². The van der Waals surface area contributed by atoms with Crippen LogP contribution in [0.1, 0.15) is 51.9 Å². The van der Waals surface area contributed by atoms with Crippen molar-refractivity contribution in [2.75, 3.05) is 6.54 Å². The summed E-state index contributed by atoms with van der Waals surface area (Å²) in [4.78, 5) is 23.3. The normalized spacial score (nSPS) is 19.7. The Morgan fingerprint density at radius 2 is 1.95 bits per heavy atom. The van der Waals surface area contributed by atoms with E-state index in [1.165, 1.54) is 6.42 Å². The number of nitrogens with one attached hydrogen (secondary N) is 1. The van der Waals surface area contributed by atoms with Crippen LogP contribution in [0.5, 0.6) is 0 Å². The average molecular weight is 270 g/mol. The molecule has 1 fully saturated rings. The summed E-state index contributed by atoms with van der Waals surface area (Å²) in [5.74, 6) is -1.16. The summed E-state index contributed by atoms with van der Waals surface area (Å²) in [5, 5.41) is 12.0. The maximum Gasteiger partial charge on any atom is 0.326 e. The SMILES string of the molecule is CC(CCCN)C(=O)NC(C(=O)O)C1CCCCC1. The molecule has 5 heteroatoms. The molecule has 0 saturated heterocycles. The van der Waals surface area contributed by atoms with Crippen LogP contribution >= 0.6 is 0 Å². The minimum atomic E-state index is -0.911. The second-order valence-corrected chi connectivity index (χ2v) is 5.55. The summed E-state index contributed by atoms with van der Waals surface area (Å²) < 4.78 is 0. The van der Waals surface area contributed by atoms with Gasteiger partial charge in [0.05, 0.1) is 0 Å². The first-order valence-electron chi connectivity index (χ1n) is 7.29. The van der Waals surface area contributed by atoms with Gasteiger partial charge in [-0.3, -0.25) is 4.79 Å². The number of hydrogen-bond acceptors (Lipinski definition) is 3. The molecule has 4 N–H and O–H groups in total. The Morgan fingerprint density at radius 1 is 1.32 bits per heavy atom. The van der Waals surface area contributed by atoms with E-state index in [4.69, 9.17) is 5.73 Å². The molecule has 2 unspecified atom stereocenters. The summed E-state index contributed by atoms with van der Waals surface area (Å²) in [6, 6.07) is -0.729. The fourth-order valence-corrected chi connectivity index (χ4v) is 2.70. The number of nitrogens with two attached hydrogens (primary N) is 1. The molecular formula is C14H26N2O3. The lowest BCUT2D eigenvalue weighted by Crippen LogP contribution is -2.48. The number of carboxylic acid groups (broad SMARTS) is 1. The Balaban J connectivity index is 2.52. The van der Waals surface area contributed by atoms with Gasteiger partial charge in [0.15, 0.2) is 0 Å². The van der Waals surface area contributed by atoms with Crippen molar-refractivity contribution in [3.05, 3.63) is 0 Å². The molecule has 0 spiro atoms. The van der Waals surface area contributed by atoms with Crippen LogP contribution in [0.15, 0.2) is 0 Å². The predicted molar refractivity (Wildman–Crippen MR) is 73.6 cm³/mol. The molecule has 1 saturated carbocycles. The molecule has 5 nitrogen and oxygen atoms in total. The number of carbonyl (C=O) groups is 2. The molecule has 19 heavy (non-hydrogen) atoms. The number of aliphatic carboxylic acids is 1. The molecule has 0 bridgehead atoms. The second-order valence-electron chi connectivity index (χ2n) is 5.55. The van der Waals surface area contributed by atoms with Crippen LogP contribution in [0, 0.1) is 11.8 Å². The molecule has 0 aromatic carbocycles. The number of rotatable bonds is 7. The van der Waals surface area contributed by atoms with Crippen LogP contribution in [0.2, 0.25) is 0 Å². The summed E-state index contributed by atoms with van der Waals surface area (Å²) in [6.07, 6.45) is 6.59. The third kappa shape index (κ3) is 5.19. The minimum absolute atomic E-state index is 0.0805. The highest BCUT2D eigenvalue weighted by atomic mass is 16.4. The molecule has 0 heterocycles. The molecule has 0 aromatic rings. The third-order valence-corrected chi connectivity index (χ3v) is 3.97. The molecular weight excluding hydrogens is 244 g/mol. The summed E-state index contributed by atoms with van der Waals surface area (Å²) >= 11 is 0. The summed E-state index contributed by atoms with van der Waals surface area (Å²) in [7, 11) is 0. The smallest absolute Gasteiger partial charge is 0.326 e. The van der Waals surface area contributed by atoms with Gasteiger partial charge in [-0.05, 0) is 38.1 Å². The van der Waals surface area contributed by atoms with Crippen LogP contribution in [-0.4, -0.2) is 29.6 Å². The van der Waals surface area contributed by atoms with E-state index in [9.17, 15) is 14.7 Å². The lowest BCUT2D eigenvalue weighted by Gasteiger charge is -2.28. The van der Waals surface area contributed by atoms with Gasteiger partial charge in [0.2, 0.25) is 5.91 Å². The molecule has 1 aliphatic carbocycles. The first-order valence-corrected chi connectivity index (χ1v) is 7.29. The van der Waals surface area contributed by atoms with E-state index in [0.29, 0.717) is 13.0 Å². The van der Waals surface area contributed by atoms with Gasteiger partial charge in [-0.15, -0.1) is 0 Å². The van der Waals surface area contributed by atoms with Crippen molar-refractivity contribution in [2.45, 2.75) is 57.9 Å². The Bertz CT molecular complexity index is 301. The van der Waals surface area contributed by atoms with Gasteiger partial charge >= 0.3 is 5.97 Å². The Morgan fingerprint density at radius 3 is 2.47 bits per heavy atom. The molecule has 0 radical (unpaired) electrons. The monoisotopic (exact) mass is 270 g/mol. The highest BCUT2D eigenvalue weighted by Gasteiger charge is 2.31. The van der Waals surface area contributed by atoms with Gasteiger partial charge < -0.3 is 16.2 Å². The lowest BCUT2D eigenvalue weighted by atomic mass is 9.83. The maximum atomic E-state index is 12.0. The third-order valence-electron chi connectivity index (χ3n) is 3.97. The fraction of sp³-hybridized carbons (Fsp3) is 0.857. The zero-order chi connectivity index (χ0) is 14.3. The molecule has 1 amide bonds. The van der Waals surface area contributed by atoms with Crippen LogP contribution in [0.3, 0.4) is 0 Å². The number of hydrogen-bond donors (Lipinski definition) is 3. The van der Waals surface area contributed by atoms with Crippen LogP contribution in [0.25, 0.3) is 0 Å². The van der Waals surface area contributed by atoms with Gasteiger partial charge in [-0.25, -0.2) is 4.79 Å². The van der Waals surface area contributed by atoms with Crippen molar-refractivity contribution in [2.24, 2.45) is 17.6 Å². The quantitative estimate of drug-likeness (QED) is 0.654. The van der Waals surface area contributed by atoms with Crippen LogP contribution in [0.4, 0.5) is 0 Å². The predicted octanol–water partition coefficient (Wildman–Crippen LogP) is 1.51. The summed E-state index contributed by atoms with van der Waals surface area (Å²) in [6.45, 7) is 2.38. The zero-order valence-electron chi connectivity index (χ0n) is 11.7. The van der Waals surface area contributed by atoms with Gasteiger partial charge in [0.25, 0.3) is 0 Å². The molecule has 1 aliphatic rings. The first kappa shape index (κ1) is 16.0. The van der Waals surface area contributed by atoms with Crippen LogP contribution < -0.4 is 11.1 Å². The van der Waals surface area contributed by atoms with E-state index in [2.05, 4.69) is 5.32 Å². The minimum Gasteiger partial charge on any atom is -0.480 e. The van der Waals surface area contributed by atoms with Gasteiger partial charge in [0, 0.05) is 5.92 Å². The van der Waals surface area contributed by atoms with E-state index in [1.807, 2.05) is 6.92 Å². The molecule has 2 atom stereocenters. The van der Waals surface area contributed by atoms with E-state index in [0.717, 1.165) is 32.1 Å². The number of carbonyl (C=O) groups excluding carboxylic acids is 1. The molecule has 0 aromatic heterocycles. The molecule has 0 aliphatic heterocycles. The van der Waals surface area contributed by atoms with E-state index >= 15 is 0 Å². The van der Waals surface area contributed by atoms with Crippen molar-refractivity contribution in [1.29, 1.82) is 0 Å². The standard InChI is InChI=1S/C14H26N2O3/c1-10(6-5-9-15)13(17)16-12(14(18)19)11-7-3-2-4-8-11/h10-12H,2-9,15H2,1H3,(H,16,17)(H,18,19). The second kappa shape index (κ2) is 8.15. The maximum absolute atomic E-state index is 12.0. The van der Waals surface area contributed by atoms with Crippen molar-refractivity contribution < 1.29 is 14.7 Å². The van der Waals surface area contributed by atoms with Crippen molar-refractivity contribution in [3.8, 4) is 0 Å². The Labute approximate surface area is 114 Å². The number of carboxylic acids is 1. The Kier molecular flexibility index (Phi) is 6.84. The highest BCUT2D eigenvalue weighted by Crippen LogP contribution is 2.26. The topological polar surface area (TPSA) is 92.4 Å². The Hall–Kier alpha value is -1.10. The first-order chi connectivity index (χ1) is 9.06. The van der Waals surface area contributed by atoms with Gasteiger partial charge in [-0.1, -0.05) is 26.2 Å². The largest absolute Gasteiger partial charge is 0.480 e. The number of amides is 1. The molecule has 110 valence electrons. The average Bonchev–Trinajstić information content (AvgIpc) is 2.42.